The van der Waals surface area contributed by atoms with Gasteiger partial charge in [0.05, 0.1) is 5.69 Å². The number of ketones is 1. The van der Waals surface area contributed by atoms with Crippen molar-refractivity contribution in [3.63, 3.8) is 0 Å². The number of Topliss-reactive ketones (excluding diaryl/α,β-unsaturated/α-hetero) is 1. The number of unbranched alkanes of at least 4 members (excludes halogenated alkanes) is 1. The summed E-state index contributed by atoms with van der Waals surface area (Å²) in [5.74, 6) is 0.165. The average Bonchev–Trinajstić information content (AvgIpc) is 2.36. The molecule has 0 bridgehead atoms. The Kier molecular flexibility index (Phi) is 5.95. The number of allylic oxidation sites excluding steroid dienone is 1. The smallest absolute Gasteiger partial charge is 0.163 e. The van der Waals surface area contributed by atoms with Crippen molar-refractivity contribution in [3.8, 4) is 0 Å². The van der Waals surface area contributed by atoms with Gasteiger partial charge in [-0.1, -0.05) is 44.4 Å². The van der Waals surface area contributed by atoms with E-state index in [0.29, 0.717) is 6.42 Å². The largest absolute Gasteiger partial charge is 0.312 e. The van der Waals surface area contributed by atoms with Gasteiger partial charge in [-0.15, -0.1) is 0 Å². The maximum atomic E-state index is 12.2. The molecule has 0 heterocycles. The van der Waals surface area contributed by atoms with E-state index in [1.807, 2.05) is 25.1 Å². The van der Waals surface area contributed by atoms with E-state index in [0.717, 1.165) is 35.2 Å². The minimum atomic E-state index is 0.165. The van der Waals surface area contributed by atoms with Crippen LogP contribution in [0.1, 0.15) is 49.0 Å². The van der Waals surface area contributed by atoms with Crippen molar-refractivity contribution in [3.05, 3.63) is 35.9 Å². The molecule has 1 aromatic carbocycles. The summed E-state index contributed by atoms with van der Waals surface area (Å²) in [6.07, 6.45) is 2.51. The molecule has 0 saturated heterocycles. The second-order valence-corrected chi connectivity index (χ2v) is 4.53. The van der Waals surface area contributed by atoms with Crippen LogP contribution < -0.4 is 10.3 Å². The van der Waals surface area contributed by atoms with E-state index in [1.165, 1.54) is 0 Å². The van der Waals surface area contributed by atoms with Gasteiger partial charge in [-0.25, -0.2) is 0 Å². The summed E-state index contributed by atoms with van der Waals surface area (Å²) in [5, 5.41) is 0. The molecule has 0 aromatic heterocycles. The van der Waals surface area contributed by atoms with Gasteiger partial charge in [0.2, 0.25) is 0 Å². The lowest BCUT2D eigenvalue weighted by Gasteiger charge is -2.11. The molecular formula is C14H20N2OS. The first-order valence-corrected chi connectivity index (χ1v) is 6.53. The van der Waals surface area contributed by atoms with Gasteiger partial charge in [-0.05, 0) is 31.0 Å². The van der Waals surface area contributed by atoms with Gasteiger partial charge >= 0.3 is 0 Å². The molecule has 98 valence electrons. The van der Waals surface area contributed by atoms with E-state index < -0.39 is 0 Å². The number of benzene rings is 1. The normalized spacial score (nSPS) is 10.2. The Labute approximate surface area is 114 Å². The number of thiol groups is 1. The molecule has 0 atom stereocenters. The minimum Gasteiger partial charge on any atom is -0.312 e. The Balaban J connectivity index is 3.06. The van der Waals surface area contributed by atoms with E-state index in [2.05, 4.69) is 36.6 Å². The van der Waals surface area contributed by atoms with Gasteiger partial charge in [0.1, 0.15) is 0 Å². The third-order valence-electron chi connectivity index (χ3n) is 2.74. The first-order valence-electron chi connectivity index (χ1n) is 6.08. The highest BCUT2D eigenvalue weighted by Crippen LogP contribution is 2.23. The van der Waals surface area contributed by atoms with E-state index in [1.54, 1.807) is 0 Å². The zero-order valence-corrected chi connectivity index (χ0v) is 11.8. The Bertz CT molecular complexity index is 443. The summed E-state index contributed by atoms with van der Waals surface area (Å²) in [6, 6.07) is 5.64. The molecule has 0 saturated carbocycles. The maximum absolute atomic E-state index is 12.2. The van der Waals surface area contributed by atoms with Crippen LogP contribution in [0.15, 0.2) is 24.8 Å². The number of hydrazine groups is 1. The molecule has 2 N–H and O–H groups in total. The SMILES string of the molecule is C=C(C)c1ccc(NNS)cc1C(=O)CCCC. The number of carbonyl (C=O) groups is 1. The van der Waals surface area contributed by atoms with Crippen molar-refractivity contribution in [1.82, 2.24) is 4.83 Å². The summed E-state index contributed by atoms with van der Waals surface area (Å²) in [7, 11) is 0. The number of carbonyl (C=O) groups excluding carboxylic acids is 1. The number of nitrogens with one attached hydrogen (secondary N) is 2. The molecule has 1 aromatic rings. The summed E-state index contributed by atoms with van der Waals surface area (Å²) in [6.45, 7) is 7.91. The molecule has 3 nitrogen and oxygen atoms in total. The van der Waals surface area contributed by atoms with Crippen LogP contribution in [-0.4, -0.2) is 5.78 Å². The quantitative estimate of drug-likeness (QED) is 0.398. The number of anilines is 1. The Morgan fingerprint density at radius 1 is 1.39 bits per heavy atom. The van der Waals surface area contributed by atoms with Gasteiger partial charge in [-0.3, -0.25) is 4.79 Å². The van der Waals surface area contributed by atoms with Crippen molar-refractivity contribution >= 4 is 29.9 Å². The van der Waals surface area contributed by atoms with Gasteiger partial charge < -0.3 is 5.43 Å². The molecule has 0 fully saturated rings. The summed E-state index contributed by atoms with van der Waals surface area (Å²) in [4.78, 5) is 14.7. The average molecular weight is 264 g/mol. The van der Waals surface area contributed by atoms with E-state index >= 15 is 0 Å². The van der Waals surface area contributed by atoms with Crippen LogP contribution in [0.25, 0.3) is 5.57 Å². The molecular weight excluding hydrogens is 244 g/mol. The molecule has 0 radical (unpaired) electrons. The van der Waals surface area contributed by atoms with Crippen LogP contribution in [0.2, 0.25) is 0 Å². The van der Waals surface area contributed by atoms with Crippen molar-refractivity contribution in [2.75, 3.05) is 5.43 Å². The fourth-order valence-corrected chi connectivity index (χ4v) is 1.89. The van der Waals surface area contributed by atoms with Gasteiger partial charge in [-0.2, -0.15) is 4.83 Å². The Hall–Kier alpha value is -1.26. The monoisotopic (exact) mass is 264 g/mol. The van der Waals surface area contributed by atoms with Crippen molar-refractivity contribution in [1.29, 1.82) is 0 Å². The number of rotatable bonds is 7. The molecule has 18 heavy (non-hydrogen) atoms. The molecule has 0 spiro atoms. The highest BCUT2D eigenvalue weighted by Gasteiger charge is 2.12. The predicted octanol–water partition coefficient (Wildman–Crippen LogP) is 3.85. The third-order valence-corrected chi connectivity index (χ3v) is 2.85. The van der Waals surface area contributed by atoms with Crippen LogP contribution in [0, 0.1) is 0 Å². The molecule has 0 unspecified atom stereocenters. The molecule has 4 heteroatoms. The fourth-order valence-electron chi connectivity index (χ4n) is 1.76. The zero-order valence-electron chi connectivity index (χ0n) is 10.9. The lowest BCUT2D eigenvalue weighted by molar-refractivity contribution is 0.0979. The van der Waals surface area contributed by atoms with Gasteiger partial charge in [0, 0.05) is 12.0 Å². The molecule has 0 aliphatic carbocycles. The minimum absolute atomic E-state index is 0.165. The van der Waals surface area contributed by atoms with Crippen LogP contribution in [0.4, 0.5) is 5.69 Å². The molecule has 1 rings (SSSR count). The Morgan fingerprint density at radius 3 is 2.67 bits per heavy atom. The highest BCUT2D eigenvalue weighted by molar-refractivity contribution is 7.78. The van der Waals surface area contributed by atoms with Crippen LogP contribution in [-0.2, 0) is 0 Å². The molecule has 0 amide bonds. The van der Waals surface area contributed by atoms with Crippen molar-refractivity contribution in [2.24, 2.45) is 0 Å². The lowest BCUT2D eigenvalue weighted by atomic mass is 9.96. The predicted molar refractivity (Wildman–Crippen MR) is 80.7 cm³/mol. The maximum Gasteiger partial charge on any atom is 0.163 e. The van der Waals surface area contributed by atoms with E-state index in [-0.39, 0.29) is 5.78 Å². The third kappa shape index (κ3) is 3.89. The van der Waals surface area contributed by atoms with Crippen molar-refractivity contribution < 1.29 is 4.79 Å². The van der Waals surface area contributed by atoms with Crippen molar-refractivity contribution in [2.45, 2.75) is 33.1 Å². The number of hydrogen-bond acceptors (Lipinski definition) is 4. The van der Waals surface area contributed by atoms with Crippen LogP contribution in [0.3, 0.4) is 0 Å². The summed E-state index contributed by atoms with van der Waals surface area (Å²) >= 11 is 3.88. The summed E-state index contributed by atoms with van der Waals surface area (Å²) in [5.41, 5.74) is 6.22. The van der Waals surface area contributed by atoms with Gasteiger partial charge in [0.25, 0.3) is 0 Å². The van der Waals surface area contributed by atoms with E-state index in [9.17, 15) is 4.79 Å². The zero-order chi connectivity index (χ0) is 13.5. The second-order valence-electron chi connectivity index (χ2n) is 4.30. The molecule has 0 aliphatic heterocycles. The number of hydrogen-bond donors (Lipinski definition) is 3. The standard InChI is InChI=1S/C14H20N2OS/c1-4-5-6-14(17)13-9-11(15-16-18)7-8-12(13)10(2)3/h7-9,15-16,18H,2,4-6H2,1,3H3. The molecule has 0 aliphatic rings. The lowest BCUT2D eigenvalue weighted by Crippen LogP contribution is -2.11. The second kappa shape index (κ2) is 7.24. The van der Waals surface area contributed by atoms with E-state index in [4.69, 9.17) is 0 Å². The highest BCUT2D eigenvalue weighted by atomic mass is 32.1. The summed E-state index contributed by atoms with van der Waals surface area (Å²) < 4.78 is 0. The van der Waals surface area contributed by atoms with Crippen LogP contribution >= 0.6 is 12.8 Å². The van der Waals surface area contributed by atoms with Crippen LogP contribution in [0.5, 0.6) is 0 Å². The fraction of sp³-hybridized carbons (Fsp3) is 0.357. The Morgan fingerprint density at radius 2 is 2.11 bits per heavy atom. The first kappa shape index (κ1) is 14.8. The first-order chi connectivity index (χ1) is 8.60. The van der Waals surface area contributed by atoms with Gasteiger partial charge in [0.15, 0.2) is 5.78 Å². The topological polar surface area (TPSA) is 41.1 Å².